The predicted octanol–water partition coefficient (Wildman–Crippen LogP) is 6.89. The maximum atomic E-state index is 13.0. The number of rotatable bonds is 4. The Kier molecular flexibility index (Phi) is 6.18. The van der Waals surface area contributed by atoms with Crippen molar-refractivity contribution in [3.05, 3.63) is 74.6 Å². The first-order chi connectivity index (χ1) is 14.5. The molecule has 4 nitrogen and oxygen atoms in total. The van der Waals surface area contributed by atoms with Crippen LogP contribution in [-0.4, -0.2) is 29.6 Å². The fourth-order valence-electron chi connectivity index (χ4n) is 3.28. The smallest absolute Gasteiger partial charge is 0.266 e. The van der Waals surface area contributed by atoms with Gasteiger partial charge < -0.3 is 4.74 Å². The minimum Gasteiger partial charge on any atom is -0.496 e. The van der Waals surface area contributed by atoms with Crippen molar-refractivity contribution >= 4 is 72.9 Å². The number of amidine groups is 1. The molecular weight excluding hydrogens is 484 g/mol. The summed E-state index contributed by atoms with van der Waals surface area (Å²) in [4.78, 5) is 20.0. The standard InChI is InChI=1S/C23H18BrClN2O2S/c1-3-27-22(28)21(30-23(27)26-15-9-10-18(24)19(25)13-15)12-14-8-11-20(29-2)17-7-5-4-6-16(14)17/h4-13H,3H2,1-2H3/b21-12-,26-23?. The lowest BCUT2D eigenvalue weighted by Crippen LogP contribution is -2.28. The number of fused-ring (bicyclic) bond motifs is 1. The molecule has 152 valence electrons. The first kappa shape index (κ1) is 21.0. The zero-order chi connectivity index (χ0) is 21.3. The molecule has 0 aromatic heterocycles. The lowest BCUT2D eigenvalue weighted by atomic mass is 10.0. The van der Waals surface area contributed by atoms with Crippen LogP contribution in [0.2, 0.25) is 5.02 Å². The second-order valence-corrected chi connectivity index (χ2v) is 8.83. The predicted molar refractivity (Wildman–Crippen MR) is 130 cm³/mol. The molecule has 0 bridgehead atoms. The van der Waals surface area contributed by atoms with Gasteiger partial charge in [0.15, 0.2) is 5.17 Å². The van der Waals surface area contributed by atoms with Crippen molar-refractivity contribution in [3.63, 3.8) is 0 Å². The summed E-state index contributed by atoms with van der Waals surface area (Å²) < 4.78 is 6.28. The van der Waals surface area contributed by atoms with Crippen LogP contribution in [0.5, 0.6) is 5.75 Å². The Bertz CT molecular complexity index is 1210. The van der Waals surface area contributed by atoms with Crippen molar-refractivity contribution in [1.29, 1.82) is 0 Å². The van der Waals surface area contributed by atoms with Gasteiger partial charge in [-0.1, -0.05) is 41.9 Å². The van der Waals surface area contributed by atoms with Gasteiger partial charge in [0.1, 0.15) is 5.75 Å². The molecule has 1 heterocycles. The fourth-order valence-corrected chi connectivity index (χ4v) is 4.75. The van der Waals surface area contributed by atoms with Crippen LogP contribution in [-0.2, 0) is 4.79 Å². The van der Waals surface area contributed by atoms with Crippen LogP contribution in [0, 0.1) is 0 Å². The monoisotopic (exact) mass is 500 g/mol. The van der Waals surface area contributed by atoms with Gasteiger partial charge in [0.25, 0.3) is 5.91 Å². The summed E-state index contributed by atoms with van der Waals surface area (Å²) >= 11 is 10.9. The van der Waals surface area contributed by atoms with Gasteiger partial charge in [-0.15, -0.1) is 0 Å². The third kappa shape index (κ3) is 4.00. The molecule has 0 atom stereocenters. The minimum absolute atomic E-state index is 0.0515. The largest absolute Gasteiger partial charge is 0.496 e. The van der Waals surface area contributed by atoms with Gasteiger partial charge in [0.2, 0.25) is 0 Å². The van der Waals surface area contributed by atoms with Crippen molar-refractivity contribution in [2.45, 2.75) is 6.92 Å². The Labute approximate surface area is 192 Å². The quantitative estimate of drug-likeness (QED) is 0.366. The van der Waals surface area contributed by atoms with Gasteiger partial charge in [-0.05, 0) is 75.9 Å². The third-order valence-electron chi connectivity index (χ3n) is 4.76. The summed E-state index contributed by atoms with van der Waals surface area (Å²) in [5, 5.41) is 3.26. The van der Waals surface area contributed by atoms with Gasteiger partial charge in [0.05, 0.1) is 22.7 Å². The van der Waals surface area contributed by atoms with E-state index in [2.05, 4.69) is 20.9 Å². The van der Waals surface area contributed by atoms with Crippen LogP contribution in [0.1, 0.15) is 12.5 Å². The van der Waals surface area contributed by atoms with Gasteiger partial charge in [0, 0.05) is 16.4 Å². The Balaban J connectivity index is 1.75. The highest BCUT2D eigenvalue weighted by Crippen LogP contribution is 2.37. The van der Waals surface area contributed by atoms with Crippen molar-refractivity contribution in [3.8, 4) is 5.75 Å². The molecule has 0 spiro atoms. The number of methoxy groups -OCH3 is 1. The van der Waals surface area contributed by atoms with Crippen LogP contribution in [0.15, 0.2) is 69.0 Å². The van der Waals surface area contributed by atoms with Crippen molar-refractivity contribution in [2.75, 3.05) is 13.7 Å². The van der Waals surface area contributed by atoms with Crippen LogP contribution in [0.4, 0.5) is 5.69 Å². The average Bonchev–Trinajstić information content (AvgIpc) is 3.05. The lowest BCUT2D eigenvalue weighted by Gasteiger charge is -2.12. The molecule has 0 unspecified atom stereocenters. The summed E-state index contributed by atoms with van der Waals surface area (Å²) in [6, 6.07) is 17.4. The summed E-state index contributed by atoms with van der Waals surface area (Å²) in [7, 11) is 1.66. The maximum absolute atomic E-state index is 13.0. The zero-order valence-electron chi connectivity index (χ0n) is 16.4. The average molecular weight is 502 g/mol. The first-order valence-corrected chi connectivity index (χ1v) is 11.3. The number of halogens is 2. The highest BCUT2D eigenvalue weighted by Gasteiger charge is 2.32. The molecule has 3 aromatic carbocycles. The van der Waals surface area contributed by atoms with E-state index in [1.54, 1.807) is 18.1 Å². The molecular formula is C23H18BrClN2O2S. The maximum Gasteiger partial charge on any atom is 0.266 e. The number of hydrogen-bond donors (Lipinski definition) is 0. The molecule has 7 heteroatoms. The topological polar surface area (TPSA) is 41.9 Å². The number of benzene rings is 3. The molecule has 1 fully saturated rings. The molecule has 4 rings (SSSR count). The highest BCUT2D eigenvalue weighted by molar-refractivity contribution is 9.10. The van der Waals surface area contributed by atoms with E-state index >= 15 is 0 Å². The fraction of sp³-hybridized carbons (Fsp3) is 0.130. The summed E-state index contributed by atoms with van der Waals surface area (Å²) in [6.07, 6.45) is 1.93. The summed E-state index contributed by atoms with van der Waals surface area (Å²) in [6.45, 7) is 2.48. The number of hydrogen-bond acceptors (Lipinski definition) is 4. The van der Waals surface area contributed by atoms with E-state index in [9.17, 15) is 4.79 Å². The number of carbonyl (C=O) groups is 1. The number of likely N-dealkylation sites (N-methyl/N-ethyl adjacent to an activating group) is 1. The normalized spacial score (nSPS) is 16.8. The molecule has 0 saturated carbocycles. The van der Waals surface area contributed by atoms with Crippen LogP contribution < -0.4 is 4.74 Å². The second-order valence-electron chi connectivity index (χ2n) is 6.56. The molecule has 30 heavy (non-hydrogen) atoms. The highest BCUT2D eigenvalue weighted by atomic mass is 79.9. The van der Waals surface area contributed by atoms with Crippen LogP contribution >= 0.6 is 39.3 Å². The van der Waals surface area contributed by atoms with Gasteiger partial charge in [-0.3, -0.25) is 9.69 Å². The lowest BCUT2D eigenvalue weighted by molar-refractivity contribution is -0.122. The minimum atomic E-state index is -0.0515. The molecule has 1 saturated heterocycles. The summed E-state index contributed by atoms with van der Waals surface area (Å²) in [5.74, 6) is 0.757. The number of nitrogens with zero attached hydrogens (tertiary/aromatic N) is 2. The van der Waals surface area contributed by atoms with Gasteiger partial charge in [-0.25, -0.2) is 4.99 Å². The van der Waals surface area contributed by atoms with Crippen LogP contribution in [0.25, 0.3) is 16.8 Å². The molecule has 0 aliphatic carbocycles. The van der Waals surface area contributed by atoms with Crippen molar-refractivity contribution in [1.82, 2.24) is 4.90 Å². The van der Waals surface area contributed by atoms with Crippen LogP contribution in [0.3, 0.4) is 0 Å². The Morgan fingerprint density at radius 1 is 1.17 bits per heavy atom. The van der Waals surface area contributed by atoms with E-state index in [1.807, 2.05) is 61.5 Å². The molecule has 1 amide bonds. The number of thioether (sulfide) groups is 1. The third-order valence-corrected chi connectivity index (χ3v) is 7.00. The van der Waals surface area contributed by atoms with Gasteiger partial charge in [-0.2, -0.15) is 0 Å². The van der Waals surface area contributed by atoms with E-state index in [4.69, 9.17) is 16.3 Å². The SMILES string of the molecule is CCN1C(=O)/C(=C/c2ccc(OC)c3ccccc23)SC1=Nc1ccc(Br)c(Cl)c1. The van der Waals surface area contributed by atoms with Crippen molar-refractivity contribution < 1.29 is 9.53 Å². The Hall–Kier alpha value is -2.28. The Morgan fingerprint density at radius 2 is 1.93 bits per heavy atom. The van der Waals surface area contributed by atoms with E-state index in [0.29, 0.717) is 27.3 Å². The number of amides is 1. The molecule has 0 N–H and O–H groups in total. The number of ether oxygens (including phenoxy) is 1. The van der Waals surface area contributed by atoms with E-state index in [1.165, 1.54) is 11.8 Å². The molecule has 0 radical (unpaired) electrons. The van der Waals surface area contributed by atoms with Gasteiger partial charge >= 0.3 is 0 Å². The second kappa shape index (κ2) is 8.84. The Morgan fingerprint density at radius 3 is 2.63 bits per heavy atom. The van der Waals surface area contributed by atoms with Crippen molar-refractivity contribution in [2.24, 2.45) is 4.99 Å². The van der Waals surface area contributed by atoms with E-state index in [0.717, 1.165) is 26.6 Å². The van der Waals surface area contributed by atoms with E-state index in [-0.39, 0.29) is 5.91 Å². The summed E-state index contributed by atoms with van der Waals surface area (Å²) in [5.41, 5.74) is 1.67. The zero-order valence-corrected chi connectivity index (χ0v) is 19.5. The van der Waals surface area contributed by atoms with E-state index < -0.39 is 0 Å². The molecule has 3 aromatic rings. The number of aliphatic imine (C=N–C) groups is 1. The first-order valence-electron chi connectivity index (χ1n) is 9.32. The number of carbonyl (C=O) groups excluding carboxylic acids is 1. The molecule has 1 aliphatic heterocycles. The molecule has 1 aliphatic rings.